The molecule has 3 heteroatoms. The zero-order chi connectivity index (χ0) is 19.1. The van der Waals surface area contributed by atoms with Crippen LogP contribution in [0.3, 0.4) is 0 Å². The molecule has 0 saturated heterocycles. The van der Waals surface area contributed by atoms with E-state index in [2.05, 4.69) is 65.3 Å². The van der Waals surface area contributed by atoms with Gasteiger partial charge in [-0.2, -0.15) is 0 Å². The van der Waals surface area contributed by atoms with Crippen molar-refractivity contribution in [2.24, 2.45) is 0 Å². The number of benzene rings is 3. The van der Waals surface area contributed by atoms with Gasteiger partial charge < -0.3 is 9.88 Å². The van der Waals surface area contributed by atoms with Gasteiger partial charge in [0.15, 0.2) is 0 Å². The molecule has 0 atom stereocenters. The lowest BCUT2D eigenvalue weighted by molar-refractivity contribution is 0.102. The molecule has 0 fully saturated rings. The van der Waals surface area contributed by atoms with Crippen LogP contribution in [0.5, 0.6) is 0 Å². The summed E-state index contributed by atoms with van der Waals surface area (Å²) in [6.07, 6.45) is 4.69. The van der Waals surface area contributed by atoms with Crippen LogP contribution in [0.2, 0.25) is 0 Å². The van der Waals surface area contributed by atoms with Crippen LogP contribution in [-0.4, -0.2) is 10.5 Å². The van der Waals surface area contributed by atoms with E-state index in [1.54, 1.807) is 0 Å². The number of nitrogens with one attached hydrogen (secondary N) is 1. The van der Waals surface area contributed by atoms with E-state index in [-0.39, 0.29) is 5.91 Å². The Bertz CT molecular complexity index is 1200. The first-order valence-corrected chi connectivity index (χ1v) is 10.2. The summed E-state index contributed by atoms with van der Waals surface area (Å²) in [6, 6.07) is 20.8. The second-order valence-corrected chi connectivity index (χ2v) is 7.64. The first-order valence-electron chi connectivity index (χ1n) is 10.2. The van der Waals surface area contributed by atoms with Crippen molar-refractivity contribution in [1.82, 2.24) is 4.57 Å². The van der Waals surface area contributed by atoms with Crippen LogP contribution in [0.4, 0.5) is 5.69 Å². The van der Waals surface area contributed by atoms with Crippen LogP contribution in [0.15, 0.2) is 60.7 Å². The molecular weight excluding hydrogens is 344 g/mol. The number of aryl methyl sites for hydroxylation is 3. The largest absolute Gasteiger partial charge is 0.341 e. The zero-order valence-corrected chi connectivity index (χ0v) is 16.2. The SMILES string of the molecule is CCn1c2ccccc2c2cc(NC(=O)c3ccc4c(c3)CCCC4)ccc21. The molecule has 0 unspecified atom stereocenters. The number of carbonyl (C=O) groups excluding carboxylic acids is 1. The van der Waals surface area contributed by atoms with Crippen LogP contribution in [0.1, 0.15) is 41.3 Å². The van der Waals surface area contributed by atoms with E-state index in [9.17, 15) is 4.79 Å². The quantitative estimate of drug-likeness (QED) is 0.477. The summed E-state index contributed by atoms with van der Waals surface area (Å²) in [6.45, 7) is 3.09. The molecule has 1 heterocycles. The molecule has 1 aliphatic carbocycles. The second-order valence-electron chi connectivity index (χ2n) is 7.64. The Morgan fingerprint density at radius 3 is 2.54 bits per heavy atom. The van der Waals surface area contributed by atoms with Crippen molar-refractivity contribution in [3.05, 3.63) is 77.4 Å². The lowest BCUT2D eigenvalue weighted by Gasteiger charge is -2.16. The number of anilines is 1. The van der Waals surface area contributed by atoms with Crippen LogP contribution >= 0.6 is 0 Å². The molecule has 0 aliphatic heterocycles. The molecule has 1 aromatic heterocycles. The molecule has 0 spiro atoms. The summed E-state index contributed by atoms with van der Waals surface area (Å²) in [4.78, 5) is 12.8. The molecule has 0 saturated carbocycles. The molecule has 0 radical (unpaired) electrons. The van der Waals surface area contributed by atoms with E-state index in [0.29, 0.717) is 0 Å². The number of hydrogen-bond acceptors (Lipinski definition) is 1. The van der Waals surface area contributed by atoms with E-state index < -0.39 is 0 Å². The van der Waals surface area contributed by atoms with Crippen molar-refractivity contribution < 1.29 is 4.79 Å². The molecule has 1 aliphatic rings. The second kappa shape index (κ2) is 6.83. The van der Waals surface area contributed by atoms with Gasteiger partial charge in [-0.3, -0.25) is 4.79 Å². The van der Waals surface area contributed by atoms with Crippen LogP contribution in [-0.2, 0) is 19.4 Å². The smallest absolute Gasteiger partial charge is 0.255 e. The van der Waals surface area contributed by atoms with Gasteiger partial charge in [-0.1, -0.05) is 24.3 Å². The number of amides is 1. The summed E-state index contributed by atoms with van der Waals surface area (Å²) in [5, 5.41) is 5.51. The maximum absolute atomic E-state index is 12.8. The highest BCUT2D eigenvalue weighted by molar-refractivity contribution is 6.11. The maximum atomic E-state index is 12.8. The Balaban J connectivity index is 1.50. The summed E-state index contributed by atoms with van der Waals surface area (Å²) in [5.41, 5.74) is 6.76. The molecule has 0 bridgehead atoms. The van der Waals surface area contributed by atoms with Crippen molar-refractivity contribution in [2.45, 2.75) is 39.2 Å². The van der Waals surface area contributed by atoms with Crippen molar-refractivity contribution in [1.29, 1.82) is 0 Å². The summed E-state index contributed by atoms with van der Waals surface area (Å²) >= 11 is 0. The molecule has 140 valence electrons. The number of aromatic nitrogens is 1. The Kier molecular flexibility index (Phi) is 4.16. The minimum absolute atomic E-state index is 0.0352. The van der Waals surface area contributed by atoms with Crippen LogP contribution in [0, 0.1) is 0 Å². The molecule has 5 rings (SSSR count). The molecule has 1 amide bonds. The fourth-order valence-electron chi connectivity index (χ4n) is 4.55. The molecule has 3 nitrogen and oxygen atoms in total. The number of hydrogen-bond donors (Lipinski definition) is 1. The zero-order valence-electron chi connectivity index (χ0n) is 16.2. The first kappa shape index (κ1) is 17.1. The molecule has 3 aromatic carbocycles. The lowest BCUT2D eigenvalue weighted by Crippen LogP contribution is -2.13. The summed E-state index contributed by atoms with van der Waals surface area (Å²) < 4.78 is 2.32. The Labute approximate surface area is 165 Å². The van der Waals surface area contributed by atoms with Gasteiger partial charge in [0.1, 0.15) is 0 Å². The fourth-order valence-corrected chi connectivity index (χ4v) is 4.55. The normalized spacial score (nSPS) is 13.6. The molecule has 1 N–H and O–H groups in total. The molecule has 28 heavy (non-hydrogen) atoms. The standard InChI is InChI=1S/C25H24N2O/c1-2-27-23-10-6-5-9-21(23)22-16-20(13-14-24(22)27)26-25(28)19-12-11-17-7-3-4-8-18(17)15-19/h5-6,9-16H,2-4,7-8H2,1H3,(H,26,28). The van der Waals surface area contributed by atoms with Crippen molar-refractivity contribution >= 4 is 33.4 Å². The van der Waals surface area contributed by atoms with Gasteiger partial charge in [0.05, 0.1) is 0 Å². The molecule has 4 aromatic rings. The van der Waals surface area contributed by atoms with Gasteiger partial charge in [-0.05, 0) is 80.1 Å². The third kappa shape index (κ3) is 2.78. The monoisotopic (exact) mass is 368 g/mol. The maximum Gasteiger partial charge on any atom is 0.255 e. The van der Waals surface area contributed by atoms with Gasteiger partial charge in [0, 0.05) is 39.6 Å². The minimum atomic E-state index is -0.0352. The Morgan fingerprint density at radius 1 is 0.893 bits per heavy atom. The predicted octanol–water partition coefficient (Wildman–Crippen LogP) is 5.95. The average molecular weight is 368 g/mol. The van der Waals surface area contributed by atoms with Crippen molar-refractivity contribution in [3.63, 3.8) is 0 Å². The van der Waals surface area contributed by atoms with Gasteiger partial charge in [-0.25, -0.2) is 0 Å². The highest BCUT2D eigenvalue weighted by atomic mass is 16.1. The third-order valence-electron chi connectivity index (χ3n) is 5.96. The minimum Gasteiger partial charge on any atom is -0.341 e. The van der Waals surface area contributed by atoms with Crippen LogP contribution in [0.25, 0.3) is 21.8 Å². The number of para-hydroxylation sites is 1. The van der Waals surface area contributed by atoms with Crippen molar-refractivity contribution in [3.8, 4) is 0 Å². The van der Waals surface area contributed by atoms with E-state index in [1.807, 2.05) is 12.1 Å². The third-order valence-corrected chi connectivity index (χ3v) is 5.96. The number of nitrogens with zero attached hydrogens (tertiary/aromatic N) is 1. The highest BCUT2D eigenvalue weighted by Gasteiger charge is 2.14. The Hall–Kier alpha value is -3.07. The summed E-state index contributed by atoms with van der Waals surface area (Å²) in [7, 11) is 0. The van der Waals surface area contributed by atoms with Crippen molar-refractivity contribution in [2.75, 3.05) is 5.32 Å². The molecular formula is C25H24N2O. The topological polar surface area (TPSA) is 34.0 Å². The lowest BCUT2D eigenvalue weighted by atomic mass is 9.90. The first-order chi connectivity index (χ1) is 13.7. The number of rotatable bonds is 3. The predicted molar refractivity (Wildman–Crippen MR) is 116 cm³/mol. The summed E-state index contributed by atoms with van der Waals surface area (Å²) in [5.74, 6) is -0.0352. The van der Waals surface area contributed by atoms with Gasteiger partial charge >= 0.3 is 0 Å². The van der Waals surface area contributed by atoms with Gasteiger partial charge in [0.2, 0.25) is 0 Å². The highest BCUT2D eigenvalue weighted by Crippen LogP contribution is 2.31. The van der Waals surface area contributed by atoms with E-state index in [0.717, 1.165) is 30.6 Å². The van der Waals surface area contributed by atoms with E-state index >= 15 is 0 Å². The average Bonchev–Trinajstić information content (AvgIpc) is 3.06. The van der Waals surface area contributed by atoms with E-state index in [4.69, 9.17) is 0 Å². The van der Waals surface area contributed by atoms with E-state index in [1.165, 1.54) is 45.8 Å². The number of carbonyl (C=O) groups is 1. The fraction of sp³-hybridized carbons (Fsp3) is 0.240. The Morgan fingerprint density at radius 2 is 1.68 bits per heavy atom. The van der Waals surface area contributed by atoms with Gasteiger partial charge in [0.25, 0.3) is 5.91 Å². The van der Waals surface area contributed by atoms with Crippen LogP contribution < -0.4 is 5.32 Å². The number of fused-ring (bicyclic) bond motifs is 4. The van der Waals surface area contributed by atoms with Gasteiger partial charge in [-0.15, -0.1) is 0 Å².